The van der Waals surface area contributed by atoms with Crippen molar-refractivity contribution < 1.29 is 4.79 Å². The van der Waals surface area contributed by atoms with Crippen LogP contribution in [0.15, 0.2) is 24.5 Å². The van der Waals surface area contributed by atoms with Gasteiger partial charge in [0.15, 0.2) is 0 Å². The topological polar surface area (TPSA) is 70.7 Å². The van der Waals surface area contributed by atoms with Gasteiger partial charge in [0.1, 0.15) is 6.33 Å². The maximum absolute atomic E-state index is 11.7. The predicted molar refractivity (Wildman–Crippen MR) is 76.2 cm³/mol. The predicted octanol–water partition coefficient (Wildman–Crippen LogP) is 2.27. The van der Waals surface area contributed by atoms with Crippen molar-refractivity contribution in [1.29, 1.82) is 0 Å². The molecule has 0 radical (unpaired) electrons. The number of hydrogen-bond donors (Lipinski definition) is 2. The van der Waals surface area contributed by atoms with Gasteiger partial charge in [-0.1, -0.05) is 0 Å². The molecule has 0 spiro atoms. The summed E-state index contributed by atoms with van der Waals surface area (Å²) in [5.74, 6) is -0.0917. The lowest BCUT2D eigenvalue weighted by molar-refractivity contribution is 0.101. The van der Waals surface area contributed by atoms with Crippen LogP contribution in [0.1, 0.15) is 10.6 Å². The number of aromatic amines is 1. The van der Waals surface area contributed by atoms with E-state index < -0.39 is 0 Å². The first-order valence-corrected chi connectivity index (χ1v) is 6.44. The number of anilines is 1. The second-order valence-corrected chi connectivity index (χ2v) is 5.32. The maximum Gasteiger partial charge on any atom is 0.293 e. The highest BCUT2D eigenvalue weighted by molar-refractivity contribution is 14.1. The summed E-state index contributed by atoms with van der Waals surface area (Å²) >= 11 is 4.39. The Morgan fingerprint density at radius 3 is 2.81 bits per heavy atom. The van der Waals surface area contributed by atoms with Crippen LogP contribution in [0.25, 0.3) is 0 Å². The SMILES string of the molecule is O=C(Nc1ccc(I)cc1I)c1ncn[nH]1. The smallest absolute Gasteiger partial charge is 0.293 e. The van der Waals surface area contributed by atoms with E-state index in [9.17, 15) is 4.79 Å². The average Bonchev–Trinajstić information content (AvgIpc) is 2.75. The third kappa shape index (κ3) is 2.70. The summed E-state index contributed by atoms with van der Waals surface area (Å²) in [6.45, 7) is 0. The Labute approximate surface area is 119 Å². The molecule has 7 heteroatoms. The zero-order valence-corrected chi connectivity index (χ0v) is 12.2. The summed E-state index contributed by atoms with van der Waals surface area (Å²) in [4.78, 5) is 15.4. The van der Waals surface area contributed by atoms with Gasteiger partial charge in [0, 0.05) is 7.14 Å². The molecular weight excluding hydrogens is 434 g/mol. The molecule has 82 valence electrons. The average molecular weight is 440 g/mol. The van der Waals surface area contributed by atoms with E-state index >= 15 is 0 Å². The Kier molecular flexibility index (Phi) is 3.74. The largest absolute Gasteiger partial charge is 0.318 e. The van der Waals surface area contributed by atoms with E-state index in [0.717, 1.165) is 12.8 Å². The summed E-state index contributed by atoms with van der Waals surface area (Å²) in [5, 5.41) is 8.89. The Bertz CT molecular complexity index is 512. The number of hydrogen-bond acceptors (Lipinski definition) is 3. The highest BCUT2D eigenvalue weighted by atomic mass is 127. The monoisotopic (exact) mass is 440 g/mol. The molecule has 2 aromatic rings. The van der Waals surface area contributed by atoms with Crippen molar-refractivity contribution in [3.05, 3.63) is 37.5 Å². The van der Waals surface area contributed by atoms with Crippen molar-refractivity contribution in [1.82, 2.24) is 15.2 Å². The van der Waals surface area contributed by atoms with Crippen molar-refractivity contribution in [2.24, 2.45) is 0 Å². The van der Waals surface area contributed by atoms with Crippen LogP contribution in [0.3, 0.4) is 0 Å². The molecule has 1 amide bonds. The van der Waals surface area contributed by atoms with Gasteiger partial charge in [0.05, 0.1) is 5.69 Å². The third-order valence-electron chi connectivity index (χ3n) is 1.81. The van der Waals surface area contributed by atoms with E-state index in [1.807, 2.05) is 18.2 Å². The molecule has 0 atom stereocenters. The summed E-state index contributed by atoms with van der Waals surface area (Å²) in [6, 6.07) is 5.77. The molecule has 5 nitrogen and oxygen atoms in total. The molecule has 0 aliphatic heterocycles. The van der Waals surface area contributed by atoms with Gasteiger partial charge in [0.2, 0.25) is 5.82 Å². The first-order chi connectivity index (χ1) is 7.66. The first-order valence-electron chi connectivity index (χ1n) is 4.28. The molecule has 1 aromatic heterocycles. The maximum atomic E-state index is 11.7. The molecular formula is C9H6I2N4O. The molecule has 2 rings (SSSR count). The molecule has 0 bridgehead atoms. The van der Waals surface area contributed by atoms with Crippen molar-refractivity contribution in [2.45, 2.75) is 0 Å². The normalized spacial score (nSPS) is 10.1. The number of carbonyl (C=O) groups is 1. The van der Waals surface area contributed by atoms with Crippen LogP contribution in [0.4, 0.5) is 5.69 Å². The quantitative estimate of drug-likeness (QED) is 0.705. The van der Waals surface area contributed by atoms with Gasteiger partial charge in [-0.25, -0.2) is 4.98 Å². The molecule has 0 fully saturated rings. The van der Waals surface area contributed by atoms with Gasteiger partial charge in [0.25, 0.3) is 5.91 Å². The minimum Gasteiger partial charge on any atom is -0.318 e. The molecule has 1 aromatic carbocycles. The Morgan fingerprint density at radius 1 is 1.38 bits per heavy atom. The van der Waals surface area contributed by atoms with Crippen LogP contribution in [0.5, 0.6) is 0 Å². The highest BCUT2D eigenvalue weighted by Crippen LogP contribution is 2.20. The molecule has 0 aliphatic rings. The van der Waals surface area contributed by atoms with Gasteiger partial charge in [-0.05, 0) is 63.4 Å². The zero-order chi connectivity index (χ0) is 11.5. The van der Waals surface area contributed by atoms with E-state index in [1.165, 1.54) is 6.33 Å². The number of amides is 1. The van der Waals surface area contributed by atoms with E-state index in [2.05, 4.69) is 65.7 Å². The lowest BCUT2D eigenvalue weighted by Gasteiger charge is -2.05. The Balaban J connectivity index is 2.18. The second kappa shape index (κ2) is 5.08. The van der Waals surface area contributed by atoms with Crippen LogP contribution in [-0.2, 0) is 0 Å². The van der Waals surface area contributed by atoms with Gasteiger partial charge < -0.3 is 5.32 Å². The van der Waals surface area contributed by atoms with Crippen LogP contribution < -0.4 is 5.32 Å². The van der Waals surface area contributed by atoms with E-state index in [0.29, 0.717) is 0 Å². The van der Waals surface area contributed by atoms with Gasteiger partial charge in [-0.3, -0.25) is 9.89 Å². The van der Waals surface area contributed by atoms with Crippen LogP contribution in [0, 0.1) is 7.14 Å². The van der Waals surface area contributed by atoms with E-state index in [4.69, 9.17) is 0 Å². The molecule has 16 heavy (non-hydrogen) atoms. The van der Waals surface area contributed by atoms with Crippen molar-refractivity contribution in [3.8, 4) is 0 Å². The fourth-order valence-corrected chi connectivity index (χ4v) is 2.82. The summed E-state index contributed by atoms with van der Waals surface area (Å²) in [7, 11) is 0. The number of H-pyrrole nitrogens is 1. The first kappa shape index (κ1) is 11.8. The van der Waals surface area contributed by atoms with Crippen molar-refractivity contribution in [2.75, 3.05) is 5.32 Å². The number of benzene rings is 1. The molecule has 1 heterocycles. The van der Waals surface area contributed by atoms with Crippen molar-refractivity contribution >= 4 is 56.8 Å². The number of aromatic nitrogens is 3. The van der Waals surface area contributed by atoms with Gasteiger partial charge >= 0.3 is 0 Å². The minimum absolute atomic E-state index is 0.203. The van der Waals surface area contributed by atoms with E-state index in [1.54, 1.807) is 0 Å². The van der Waals surface area contributed by atoms with Crippen molar-refractivity contribution in [3.63, 3.8) is 0 Å². The summed E-state index contributed by atoms with van der Waals surface area (Å²) in [6.07, 6.45) is 1.30. The number of nitrogens with zero attached hydrogens (tertiary/aromatic N) is 2. The second-order valence-electron chi connectivity index (χ2n) is 2.91. The molecule has 0 saturated heterocycles. The fraction of sp³-hybridized carbons (Fsp3) is 0. The lowest BCUT2D eigenvalue weighted by Crippen LogP contribution is -2.14. The number of halogens is 2. The number of carbonyl (C=O) groups excluding carboxylic acids is 1. The van der Waals surface area contributed by atoms with Gasteiger partial charge in [-0.2, -0.15) is 5.10 Å². The fourth-order valence-electron chi connectivity index (χ4n) is 1.09. The Morgan fingerprint density at radius 2 is 2.19 bits per heavy atom. The standard InChI is InChI=1S/C9H6I2N4O/c10-5-1-2-7(6(11)3-5)14-9(16)8-12-4-13-15-8/h1-4H,(H,14,16)(H,12,13,15). The minimum atomic E-state index is -0.295. The molecule has 2 N–H and O–H groups in total. The van der Waals surface area contributed by atoms with Crippen LogP contribution in [-0.4, -0.2) is 21.1 Å². The van der Waals surface area contributed by atoms with E-state index in [-0.39, 0.29) is 11.7 Å². The number of rotatable bonds is 2. The molecule has 0 saturated carbocycles. The van der Waals surface area contributed by atoms with Crippen LogP contribution >= 0.6 is 45.2 Å². The van der Waals surface area contributed by atoms with Gasteiger partial charge in [-0.15, -0.1) is 0 Å². The highest BCUT2D eigenvalue weighted by Gasteiger charge is 2.10. The third-order valence-corrected chi connectivity index (χ3v) is 3.37. The number of nitrogens with one attached hydrogen (secondary N) is 2. The summed E-state index contributed by atoms with van der Waals surface area (Å²) < 4.78 is 2.11. The molecule has 0 unspecified atom stereocenters. The molecule has 0 aliphatic carbocycles. The lowest BCUT2D eigenvalue weighted by atomic mass is 10.3. The van der Waals surface area contributed by atoms with Crippen LogP contribution in [0.2, 0.25) is 0 Å². The zero-order valence-electron chi connectivity index (χ0n) is 7.87. The summed E-state index contributed by atoms with van der Waals surface area (Å²) in [5.41, 5.74) is 0.766. The Hall–Kier alpha value is -0.710.